The van der Waals surface area contributed by atoms with Crippen LogP contribution in [-0.4, -0.2) is 30.0 Å². The number of rotatable bonds is 8. The van der Waals surface area contributed by atoms with Gasteiger partial charge in [-0.25, -0.2) is 9.78 Å². The van der Waals surface area contributed by atoms with Gasteiger partial charge in [0.05, 0.1) is 0 Å². The summed E-state index contributed by atoms with van der Waals surface area (Å²) in [5.41, 5.74) is 0.862. The minimum atomic E-state index is -0.609. The zero-order chi connectivity index (χ0) is 19.9. The van der Waals surface area contributed by atoms with Crippen molar-refractivity contribution in [2.24, 2.45) is 5.92 Å². The Bertz CT molecular complexity index is 968. The monoisotopic (exact) mass is 397 g/mol. The molecule has 0 aliphatic rings. The van der Waals surface area contributed by atoms with Gasteiger partial charge in [0.15, 0.2) is 17.4 Å². The number of carbonyl (C=O) groups is 2. The van der Waals surface area contributed by atoms with Crippen LogP contribution in [-0.2, 0) is 9.53 Å². The second-order valence-corrected chi connectivity index (χ2v) is 7.69. The molecule has 2 N–H and O–H groups in total. The van der Waals surface area contributed by atoms with Gasteiger partial charge in [-0.2, -0.15) is 0 Å². The predicted octanol–water partition coefficient (Wildman–Crippen LogP) is 4.55. The minimum absolute atomic E-state index is 0.204. The second kappa shape index (κ2) is 9.32. The van der Waals surface area contributed by atoms with Gasteiger partial charge in [-0.05, 0) is 35.2 Å². The first-order valence-electron chi connectivity index (χ1n) is 9.16. The molecule has 0 bridgehead atoms. The molecule has 0 fully saturated rings. The highest BCUT2D eigenvalue weighted by Crippen LogP contribution is 2.19. The van der Waals surface area contributed by atoms with Gasteiger partial charge in [-0.15, -0.1) is 11.3 Å². The van der Waals surface area contributed by atoms with E-state index in [4.69, 9.17) is 4.74 Å². The zero-order valence-corrected chi connectivity index (χ0v) is 16.7. The van der Waals surface area contributed by atoms with E-state index < -0.39 is 11.9 Å². The number of ether oxygens (including phenoxy) is 1. The third-order valence-corrected chi connectivity index (χ3v) is 4.88. The summed E-state index contributed by atoms with van der Waals surface area (Å²) in [6, 6.07) is 13.5. The van der Waals surface area contributed by atoms with Crippen molar-refractivity contribution in [1.82, 2.24) is 4.98 Å². The number of carbonyl (C=O) groups excluding carboxylic acids is 2. The Labute approximate surface area is 167 Å². The summed E-state index contributed by atoms with van der Waals surface area (Å²) < 4.78 is 5.07. The Hall–Kier alpha value is -2.93. The molecule has 7 heteroatoms. The Morgan fingerprint density at radius 2 is 1.93 bits per heavy atom. The number of benzene rings is 2. The molecule has 1 amide bonds. The molecule has 3 aromatic rings. The van der Waals surface area contributed by atoms with Crippen molar-refractivity contribution >= 4 is 44.8 Å². The van der Waals surface area contributed by atoms with E-state index in [1.807, 2.05) is 42.5 Å². The third-order valence-electron chi connectivity index (χ3n) is 4.08. The average molecular weight is 398 g/mol. The lowest BCUT2D eigenvalue weighted by Gasteiger charge is -2.07. The first-order chi connectivity index (χ1) is 13.5. The van der Waals surface area contributed by atoms with Crippen molar-refractivity contribution in [3.63, 3.8) is 0 Å². The fourth-order valence-electron chi connectivity index (χ4n) is 2.59. The standard InChI is InChI=1S/C21H23N3O3S/c1-14(2)9-10-22-21-24-18(13-28-21)20(26)27-12-19(25)23-17-8-7-15-5-3-4-6-16(15)11-17/h3-8,11,13-14H,9-10,12H2,1-2H3,(H,22,24)(H,23,25). The van der Waals surface area contributed by atoms with Gasteiger partial charge in [0, 0.05) is 17.6 Å². The number of amides is 1. The number of anilines is 2. The van der Waals surface area contributed by atoms with Gasteiger partial charge < -0.3 is 15.4 Å². The lowest BCUT2D eigenvalue weighted by atomic mass is 10.1. The highest BCUT2D eigenvalue weighted by Gasteiger charge is 2.14. The number of hydrogen-bond donors (Lipinski definition) is 2. The zero-order valence-electron chi connectivity index (χ0n) is 15.9. The molecule has 2 aromatic carbocycles. The maximum atomic E-state index is 12.1. The molecule has 0 aliphatic heterocycles. The molecule has 1 heterocycles. The van der Waals surface area contributed by atoms with Crippen LogP contribution < -0.4 is 10.6 Å². The molecule has 6 nitrogen and oxygen atoms in total. The molecule has 1 aromatic heterocycles. The Morgan fingerprint density at radius 1 is 1.14 bits per heavy atom. The van der Waals surface area contributed by atoms with E-state index in [2.05, 4.69) is 29.5 Å². The van der Waals surface area contributed by atoms with Gasteiger partial charge in [-0.3, -0.25) is 4.79 Å². The van der Waals surface area contributed by atoms with E-state index in [0.717, 1.165) is 23.7 Å². The highest BCUT2D eigenvalue weighted by atomic mass is 32.1. The molecular weight excluding hydrogens is 374 g/mol. The van der Waals surface area contributed by atoms with Crippen LogP contribution in [0, 0.1) is 5.92 Å². The molecule has 0 atom stereocenters. The number of thiazole rings is 1. The number of nitrogens with one attached hydrogen (secondary N) is 2. The number of fused-ring (bicyclic) bond motifs is 1. The van der Waals surface area contributed by atoms with Crippen LogP contribution >= 0.6 is 11.3 Å². The van der Waals surface area contributed by atoms with Crippen LogP contribution in [0.4, 0.5) is 10.8 Å². The van der Waals surface area contributed by atoms with Crippen LogP contribution in [0.5, 0.6) is 0 Å². The van der Waals surface area contributed by atoms with Gasteiger partial charge in [0.25, 0.3) is 5.91 Å². The maximum Gasteiger partial charge on any atom is 0.358 e. The number of hydrogen-bond acceptors (Lipinski definition) is 6. The second-order valence-electron chi connectivity index (χ2n) is 6.83. The summed E-state index contributed by atoms with van der Waals surface area (Å²) in [7, 11) is 0. The number of aromatic nitrogens is 1. The molecule has 0 saturated heterocycles. The van der Waals surface area contributed by atoms with E-state index in [-0.39, 0.29) is 12.3 Å². The fourth-order valence-corrected chi connectivity index (χ4v) is 3.29. The normalized spacial score (nSPS) is 10.8. The van der Waals surface area contributed by atoms with E-state index in [0.29, 0.717) is 16.7 Å². The summed E-state index contributed by atoms with van der Waals surface area (Å²) in [5.74, 6) is -0.408. The maximum absolute atomic E-state index is 12.1. The number of esters is 1. The molecule has 28 heavy (non-hydrogen) atoms. The van der Waals surface area contributed by atoms with Crippen molar-refractivity contribution < 1.29 is 14.3 Å². The first-order valence-corrected chi connectivity index (χ1v) is 10.0. The largest absolute Gasteiger partial charge is 0.451 e. The van der Waals surface area contributed by atoms with Gasteiger partial charge >= 0.3 is 5.97 Å². The van der Waals surface area contributed by atoms with Crippen molar-refractivity contribution in [3.05, 3.63) is 53.5 Å². The van der Waals surface area contributed by atoms with E-state index in [9.17, 15) is 9.59 Å². The quantitative estimate of drug-likeness (QED) is 0.545. The fraction of sp³-hybridized carbons (Fsp3) is 0.286. The van der Waals surface area contributed by atoms with Crippen LogP contribution in [0.15, 0.2) is 47.8 Å². The Balaban J connectivity index is 1.48. The lowest BCUT2D eigenvalue weighted by Crippen LogP contribution is -2.21. The van der Waals surface area contributed by atoms with Gasteiger partial charge in [0.2, 0.25) is 0 Å². The average Bonchev–Trinajstić information content (AvgIpc) is 3.15. The molecule has 0 radical (unpaired) electrons. The van der Waals surface area contributed by atoms with Crippen LogP contribution in [0.2, 0.25) is 0 Å². The van der Waals surface area contributed by atoms with Crippen molar-refractivity contribution in [2.45, 2.75) is 20.3 Å². The summed E-state index contributed by atoms with van der Waals surface area (Å²) in [4.78, 5) is 28.4. The minimum Gasteiger partial charge on any atom is -0.451 e. The Morgan fingerprint density at radius 3 is 2.71 bits per heavy atom. The molecule has 146 valence electrons. The van der Waals surface area contributed by atoms with E-state index in [1.54, 1.807) is 5.38 Å². The van der Waals surface area contributed by atoms with Gasteiger partial charge in [0.1, 0.15) is 0 Å². The van der Waals surface area contributed by atoms with Crippen LogP contribution in [0.3, 0.4) is 0 Å². The predicted molar refractivity (Wildman–Crippen MR) is 113 cm³/mol. The van der Waals surface area contributed by atoms with Gasteiger partial charge in [-0.1, -0.05) is 44.2 Å². The molecule has 0 spiro atoms. The van der Waals surface area contributed by atoms with Crippen molar-refractivity contribution in [2.75, 3.05) is 23.8 Å². The van der Waals surface area contributed by atoms with Crippen LogP contribution in [0.25, 0.3) is 10.8 Å². The first kappa shape index (κ1) is 19.8. The number of nitrogens with zero attached hydrogens (tertiary/aromatic N) is 1. The third kappa shape index (κ3) is 5.53. The van der Waals surface area contributed by atoms with Crippen molar-refractivity contribution in [1.29, 1.82) is 0 Å². The lowest BCUT2D eigenvalue weighted by molar-refractivity contribution is -0.119. The molecular formula is C21H23N3O3S. The molecule has 3 rings (SSSR count). The van der Waals surface area contributed by atoms with Crippen molar-refractivity contribution in [3.8, 4) is 0 Å². The summed E-state index contributed by atoms with van der Waals surface area (Å²) in [5, 5.41) is 10.3. The molecule has 0 aliphatic carbocycles. The summed E-state index contributed by atoms with van der Waals surface area (Å²) >= 11 is 1.34. The summed E-state index contributed by atoms with van der Waals surface area (Å²) in [6.45, 7) is 4.73. The SMILES string of the molecule is CC(C)CCNc1nc(C(=O)OCC(=O)Nc2ccc3ccccc3c2)cs1. The Kier molecular flexibility index (Phi) is 6.60. The smallest absolute Gasteiger partial charge is 0.358 e. The summed E-state index contributed by atoms with van der Waals surface area (Å²) in [6.07, 6.45) is 1.02. The van der Waals surface area contributed by atoms with E-state index in [1.165, 1.54) is 11.3 Å². The topological polar surface area (TPSA) is 80.3 Å². The van der Waals surface area contributed by atoms with E-state index >= 15 is 0 Å². The highest BCUT2D eigenvalue weighted by molar-refractivity contribution is 7.13. The van der Waals surface area contributed by atoms with Crippen LogP contribution in [0.1, 0.15) is 30.8 Å². The molecule has 0 unspecified atom stereocenters. The molecule has 0 saturated carbocycles.